The van der Waals surface area contributed by atoms with Crippen molar-refractivity contribution in [1.29, 1.82) is 0 Å². The van der Waals surface area contributed by atoms with E-state index in [0.29, 0.717) is 12.0 Å². The first kappa shape index (κ1) is 24.3. The number of piperidine rings is 1. The van der Waals surface area contributed by atoms with Gasteiger partial charge in [0.2, 0.25) is 0 Å². The summed E-state index contributed by atoms with van der Waals surface area (Å²) < 4.78 is 13.6. The molecule has 2 aliphatic heterocycles. The first-order chi connectivity index (χ1) is 17.2. The van der Waals surface area contributed by atoms with Crippen molar-refractivity contribution >= 4 is 11.8 Å². The zero-order valence-corrected chi connectivity index (χ0v) is 21.7. The van der Waals surface area contributed by atoms with Crippen LogP contribution in [0.3, 0.4) is 0 Å². The van der Waals surface area contributed by atoms with Crippen LogP contribution in [0.25, 0.3) is 5.69 Å². The lowest BCUT2D eigenvalue weighted by molar-refractivity contribution is 0.129. The van der Waals surface area contributed by atoms with Gasteiger partial charge in [0.15, 0.2) is 5.16 Å². The fraction of sp³-hybridized carbons (Fsp3) is 0.500. The van der Waals surface area contributed by atoms with Crippen molar-refractivity contribution in [3.63, 3.8) is 0 Å². The number of aromatic nitrogens is 3. The molecule has 0 unspecified atom stereocenters. The van der Waals surface area contributed by atoms with E-state index in [1.54, 1.807) is 18.9 Å². The van der Waals surface area contributed by atoms with E-state index in [-0.39, 0.29) is 0 Å². The Morgan fingerprint density at radius 3 is 2.54 bits per heavy atom. The molecule has 3 heterocycles. The van der Waals surface area contributed by atoms with Gasteiger partial charge in [-0.2, -0.15) is 0 Å². The molecule has 2 fully saturated rings. The largest absolute Gasteiger partial charge is 0.497 e. The van der Waals surface area contributed by atoms with Crippen LogP contribution in [0.5, 0.6) is 5.75 Å². The Balaban J connectivity index is 1.31. The first-order valence-electron chi connectivity index (χ1n) is 12.9. The average molecular weight is 493 g/mol. The van der Waals surface area contributed by atoms with Gasteiger partial charge >= 0.3 is 0 Å². The Morgan fingerprint density at radius 1 is 1.03 bits per heavy atom. The third kappa shape index (κ3) is 5.90. The van der Waals surface area contributed by atoms with Gasteiger partial charge < -0.3 is 9.47 Å². The van der Waals surface area contributed by atoms with Gasteiger partial charge in [-0.15, -0.1) is 10.2 Å². The molecule has 0 bridgehead atoms. The Hall–Kier alpha value is -2.35. The molecule has 0 N–H and O–H groups in total. The molecule has 7 heteroatoms. The van der Waals surface area contributed by atoms with Crippen LogP contribution in [0, 0.1) is 0 Å². The highest BCUT2D eigenvalue weighted by Crippen LogP contribution is 2.34. The van der Waals surface area contributed by atoms with Crippen molar-refractivity contribution in [2.75, 3.05) is 32.6 Å². The molecule has 6 nitrogen and oxygen atoms in total. The minimum absolute atomic E-state index is 0.313. The number of hydrogen-bond acceptors (Lipinski definition) is 6. The second-order valence-electron chi connectivity index (χ2n) is 9.54. The number of nitrogens with zero attached hydrogens (tertiary/aromatic N) is 4. The minimum Gasteiger partial charge on any atom is -0.497 e. The van der Waals surface area contributed by atoms with E-state index >= 15 is 0 Å². The number of rotatable bonds is 9. The number of methoxy groups -OCH3 is 1. The summed E-state index contributed by atoms with van der Waals surface area (Å²) in [5, 5.41) is 10.3. The van der Waals surface area contributed by atoms with Crippen LogP contribution in [0.4, 0.5) is 0 Å². The number of aryl methyl sites for hydroxylation is 1. The van der Waals surface area contributed by atoms with Gasteiger partial charge in [0.1, 0.15) is 11.6 Å². The summed E-state index contributed by atoms with van der Waals surface area (Å²) in [6, 6.07) is 17.3. The summed E-state index contributed by atoms with van der Waals surface area (Å²) in [4.78, 5) is 2.57. The maximum absolute atomic E-state index is 5.85. The lowest BCUT2D eigenvalue weighted by Crippen LogP contribution is -2.33. The molecule has 0 saturated carbocycles. The van der Waals surface area contributed by atoms with Gasteiger partial charge in [0.05, 0.1) is 18.9 Å². The summed E-state index contributed by atoms with van der Waals surface area (Å²) in [6.07, 6.45) is 5.87. The Bertz CT molecular complexity index is 1090. The average Bonchev–Trinajstić information content (AvgIpc) is 3.58. The number of thioether (sulfide) groups is 1. The van der Waals surface area contributed by atoms with E-state index in [4.69, 9.17) is 14.6 Å². The van der Waals surface area contributed by atoms with Crippen LogP contribution in [0.2, 0.25) is 0 Å². The number of ether oxygens (including phenoxy) is 2. The van der Waals surface area contributed by atoms with Crippen LogP contribution in [0.15, 0.2) is 53.7 Å². The van der Waals surface area contributed by atoms with Gasteiger partial charge in [-0.25, -0.2) is 0 Å². The Kier molecular flexibility index (Phi) is 8.06. The van der Waals surface area contributed by atoms with Gasteiger partial charge in [-0.1, -0.05) is 49.0 Å². The van der Waals surface area contributed by atoms with Crippen LogP contribution < -0.4 is 4.74 Å². The van der Waals surface area contributed by atoms with Gasteiger partial charge in [-0.05, 0) is 68.5 Å². The Labute approximate surface area is 213 Å². The SMILES string of the molecule is CCc1ccc(CN2CCC(c3nnc(SC[C@@H]4CCCO4)n3-c3cccc(OC)c3)CC2)cc1. The lowest BCUT2D eigenvalue weighted by atomic mass is 9.95. The van der Waals surface area contributed by atoms with Crippen LogP contribution in [-0.4, -0.2) is 58.3 Å². The summed E-state index contributed by atoms with van der Waals surface area (Å²) in [5.41, 5.74) is 3.86. The molecular formula is C28H36N4O2S. The Morgan fingerprint density at radius 2 is 1.83 bits per heavy atom. The van der Waals surface area contributed by atoms with Crippen molar-refractivity contribution in [1.82, 2.24) is 19.7 Å². The molecule has 186 valence electrons. The predicted octanol–water partition coefficient (Wildman–Crippen LogP) is 5.49. The molecule has 1 atom stereocenters. The number of likely N-dealkylation sites (tertiary alicyclic amines) is 1. The monoisotopic (exact) mass is 492 g/mol. The maximum atomic E-state index is 5.85. The highest BCUT2D eigenvalue weighted by Gasteiger charge is 2.28. The van der Waals surface area contributed by atoms with E-state index < -0.39 is 0 Å². The first-order valence-corrected chi connectivity index (χ1v) is 13.9. The van der Waals surface area contributed by atoms with E-state index in [0.717, 1.165) is 86.5 Å². The summed E-state index contributed by atoms with van der Waals surface area (Å²) in [5.74, 6) is 3.22. The second kappa shape index (κ2) is 11.6. The fourth-order valence-corrected chi connectivity index (χ4v) is 6.09. The van der Waals surface area contributed by atoms with Crippen LogP contribution >= 0.6 is 11.8 Å². The molecule has 2 aromatic carbocycles. The van der Waals surface area contributed by atoms with E-state index in [9.17, 15) is 0 Å². The molecule has 2 saturated heterocycles. The van der Waals surface area contributed by atoms with Crippen molar-refractivity contribution in [3.8, 4) is 11.4 Å². The van der Waals surface area contributed by atoms with Gasteiger partial charge in [0, 0.05) is 30.9 Å². The summed E-state index contributed by atoms with van der Waals surface area (Å²) in [7, 11) is 1.71. The van der Waals surface area contributed by atoms with Crippen molar-refractivity contribution < 1.29 is 9.47 Å². The van der Waals surface area contributed by atoms with Gasteiger partial charge in [-0.3, -0.25) is 9.47 Å². The fourth-order valence-electron chi connectivity index (χ4n) is 5.06. The maximum Gasteiger partial charge on any atom is 0.195 e. The molecule has 0 amide bonds. The number of benzene rings is 2. The van der Waals surface area contributed by atoms with Crippen molar-refractivity contribution in [3.05, 3.63) is 65.5 Å². The van der Waals surface area contributed by atoms with E-state index in [1.165, 1.54) is 11.1 Å². The molecule has 0 aliphatic carbocycles. The predicted molar refractivity (Wildman–Crippen MR) is 141 cm³/mol. The third-order valence-corrected chi connectivity index (χ3v) is 8.24. The van der Waals surface area contributed by atoms with Crippen LogP contribution in [0.1, 0.15) is 55.5 Å². The highest BCUT2D eigenvalue weighted by molar-refractivity contribution is 7.99. The number of hydrogen-bond donors (Lipinski definition) is 0. The molecular weight excluding hydrogens is 456 g/mol. The molecule has 1 aromatic heterocycles. The van der Waals surface area contributed by atoms with Gasteiger partial charge in [0.25, 0.3) is 0 Å². The van der Waals surface area contributed by atoms with Crippen molar-refractivity contribution in [2.45, 2.75) is 62.8 Å². The molecule has 2 aliphatic rings. The second-order valence-corrected chi connectivity index (χ2v) is 10.5. The van der Waals surface area contributed by atoms with Crippen molar-refractivity contribution in [2.24, 2.45) is 0 Å². The van der Waals surface area contributed by atoms with E-state index in [1.807, 2.05) is 12.1 Å². The van der Waals surface area contributed by atoms with Crippen LogP contribution in [-0.2, 0) is 17.7 Å². The molecule has 5 rings (SSSR count). The smallest absolute Gasteiger partial charge is 0.195 e. The van der Waals surface area contributed by atoms with E-state index in [2.05, 4.69) is 57.9 Å². The molecule has 35 heavy (non-hydrogen) atoms. The zero-order valence-electron chi connectivity index (χ0n) is 20.9. The minimum atomic E-state index is 0.313. The standard InChI is InChI=1S/C28H36N4O2S/c1-3-21-9-11-22(12-10-21)19-31-15-13-23(14-16-31)27-29-30-28(35-20-26-8-5-17-34-26)32(27)24-6-4-7-25(18-24)33-2/h4,6-7,9-12,18,23,26H,3,5,8,13-17,19-20H2,1-2H3/t26-/m0/s1. The quantitative estimate of drug-likeness (QED) is 0.368. The zero-order chi connectivity index (χ0) is 24.0. The molecule has 3 aromatic rings. The summed E-state index contributed by atoms with van der Waals surface area (Å²) in [6.45, 7) is 6.24. The summed E-state index contributed by atoms with van der Waals surface area (Å²) >= 11 is 1.76. The normalized spacial score (nSPS) is 19.3. The highest BCUT2D eigenvalue weighted by atomic mass is 32.2. The molecule has 0 radical (unpaired) electrons. The third-order valence-electron chi connectivity index (χ3n) is 7.18. The molecule has 0 spiro atoms. The lowest BCUT2D eigenvalue weighted by Gasteiger charge is -2.31. The topological polar surface area (TPSA) is 52.4 Å².